The molecule has 1 rings (SSSR count). The van der Waals surface area contributed by atoms with Crippen molar-refractivity contribution in [3.8, 4) is 11.5 Å². The summed E-state index contributed by atoms with van der Waals surface area (Å²) in [5.74, 6) is -0.0610. The molecule has 0 unspecified atom stereocenters. The lowest BCUT2D eigenvalue weighted by molar-refractivity contribution is -0.150. The van der Waals surface area contributed by atoms with Crippen LogP contribution in [0.3, 0.4) is 0 Å². The molecule has 1 aromatic carbocycles. The van der Waals surface area contributed by atoms with Crippen LogP contribution in [0.25, 0.3) is 6.08 Å². The first-order valence-electron chi connectivity index (χ1n) is 7.99. The van der Waals surface area contributed by atoms with Crippen LogP contribution >= 0.6 is 11.6 Å². The van der Waals surface area contributed by atoms with Gasteiger partial charge in [0.05, 0.1) is 18.2 Å². The molecule has 0 aliphatic rings. The lowest BCUT2D eigenvalue weighted by Gasteiger charge is -2.15. The minimum Gasteiger partial charge on any atom is -0.493 e. The van der Waals surface area contributed by atoms with E-state index in [0.717, 1.165) is 0 Å². The lowest BCUT2D eigenvalue weighted by atomic mass is 10.2. The third kappa shape index (κ3) is 6.66. The Morgan fingerprint density at radius 2 is 1.96 bits per heavy atom. The molecule has 0 aliphatic carbocycles. The Morgan fingerprint density at radius 3 is 2.52 bits per heavy atom. The predicted octanol–water partition coefficient (Wildman–Crippen LogP) is 3.22. The molecular weight excluding hydrogens is 346 g/mol. The third-order valence-corrected chi connectivity index (χ3v) is 3.31. The number of halogens is 1. The lowest BCUT2D eigenvalue weighted by Crippen LogP contribution is -2.35. The van der Waals surface area contributed by atoms with Crippen LogP contribution in [0.15, 0.2) is 18.2 Å². The molecule has 0 bridgehead atoms. The van der Waals surface area contributed by atoms with Crippen LogP contribution in [-0.2, 0) is 14.3 Å². The molecule has 7 heteroatoms. The molecule has 25 heavy (non-hydrogen) atoms. The molecule has 1 N–H and O–H groups in total. The standard InChI is InChI=1S/C18H24ClNO5/c1-6-20-18(22)12(4)25-16(21)8-7-13-9-14(19)17(24-11(2)3)15(10-13)23-5/h7-12H,6H2,1-5H3,(H,20,22)/b8-7+/t12-/m1/s1. The number of carbonyl (C=O) groups is 2. The van der Waals surface area contributed by atoms with Crippen molar-refractivity contribution in [1.82, 2.24) is 5.32 Å². The molecule has 0 heterocycles. The minimum atomic E-state index is -0.864. The van der Waals surface area contributed by atoms with Crippen LogP contribution in [0, 0.1) is 0 Å². The quantitative estimate of drug-likeness (QED) is 0.562. The van der Waals surface area contributed by atoms with Crippen LogP contribution in [0.4, 0.5) is 0 Å². The molecule has 1 amide bonds. The number of hydrogen-bond donors (Lipinski definition) is 1. The number of esters is 1. The van der Waals surface area contributed by atoms with E-state index in [0.29, 0.717) is 28.6 Å². The van der Waals surface area contributed by atoms with Gasteiger partial charge in [-0.15, -0.1) is 0 Å². The molecule has 1 atom stereocenters. The Balaban J connectivity index is 2.85. The Kier molecular flexibility index (Phi) is 8.28. The number of amides is 1. The number of hydrogen-bond acceptors (Lipinski definition) is 5. The second-order valence-electron chi connectivity index (χ2n) is 5.51. The zero-order valence-corrected chi connectivity index (χ0v) is 15.8. The highest BCUT2D eigenvalue weighted by atomic mass is 35.5. The minimum absolute atomic E-state index is 0.0569. The third-order valence-electron chi connectivity index (χ3n) is 3.03. The van der Waals surface area contributed by atoms with Gasteiger partial charge in [0.1, 0.15) is 0 Å². The highest BCUT2D eigenvalue weighted by molar-refractivity contribution is 6.32. The summed E-state index contributed by atoms with van der Waals surface area (Å²) in [7, 11) is 1.51. The summed E-state index contributed by atoms with van der Waals surface area (Å²) < 4.78 is 15.9. The van der Waals surface area contributed by atoms with Crippen molar-refractivity contribution in [3.05, 3.63) is 28.8 Å². The van der Waals surface area contributed by atoms with Crippen LogP contribution < -0.4 is 14.8 Å². The van der Waals surface area contributed by atoms with Gasteiger partial charge in [0.2, 0.25) is 0 Å². The van der Waals surface area contributed by atoms with Crippen LogP contribution in [0.1, 0.15) is 33.3 Å². The number of benzene rings is 1. The predicted molar refractivity (Wildman–Crippen MR) is 97.0 cm³/mol. The summed E-state index contributed by atoms with van der Waals surface area (Å²) in [6.07, 6.45) is 1.83. The van der Waals surface area contributed by atoms with E-state index in [4.69, 9.17) is 25.8 Å². The smallest absolute Gasteiger partial charge is 0.331 e. The number of likely N-dealkylation sites (N-methyl/N-ethyl adjacent to an activating group) is 1. The second-order valence-corrected chi connectivity index (χ2v) is 5.91. The monoisotopic (exact) mass is 369 g/mol. The van der Waals surface area contributed by atoms with E-state index in [1.54, 1.807) is 19.1 Å². The van der Waals surface area contributed by atoms with E-state index in [2.05, 4.69) is 5.32 Å². The van der Waals surface area contributed by atoms with Crippen molar-refractivity contribution < 1.29 is 23.8 Å². The summed E-state index contributed by atoms with van der Waals surface area (Å²) >= 11 is 6.23. The Morgan fingerprint density at radius 1 is 1.28 bits per heavy atom. The van der Waals surface area contributed by atoms with Gasteiger partial charge in [-0.1, -0.05) is 11.6 Å². The molecule has 0 fully saturated rings. The van der Waals surface area contributed by atoms with Gasteiger partial charge in [0, 0.05) is 12.6 Å². The second kappa shape index (κ2) is 9.93. The van der Waals surface area contributed by atoms with Gasteiger partial charge in [-0.2, -0.15) is 0 Å². The molecule has 1 aromatic rings. The SMILES string of the molecule is CCNC(=O)[C@@H](C)OC(=O)/C=C/c1cc(Cl)c(OC(C)C)c(OC)c1. The van der Waals surface area contributed by atoms with E-state index in [-0.39, 0.29) is 12.0 Å². The molecule has 0 spiro atoms. The van der Waals surface area contributed by atoms with Gasteiger partial charge in [-0.05, 0) is 51.5 Å². The summed E-state index contributed by atoms with van der Waals surface area (Å²) in [5, 5.41) is 2.95. The average Bonchev–Trinajstić information content (AvgIpc) is 2.54. The molecule has 0 saturated carbocycles. The average molecular weight is 370 g/mol. The van der Waals surface area contributed by atoms with Crippen molar-refractivity contribution in [2.24, 2.45) is 0 Å². The molecule has 0 aliphatic heterocycles. The summed E-state index contributed by atoms with van der Waals surface area (Å²) in [6, 6.07) is 3.35. The van der Waals surface area contributed by atoms with E-state index >= 15 is 0 Å². The van der Waals surface area contributed by atoms with E-state index in [1.165, 1.54) is 26.2 Å². The highest BCUT2D eigenvalue weighted by Gasteiger charge is 2.16. The van der Waals surface area contributed by atoms with Gasteiger partial charge in [-0.3, -0.25) is 4.79 Å². The van der Waals surface area contributed by atoms with Crippen LogP contribution in [0.5, 0.6) is 11.5 Å². The molecule has 138 valence electrons. The van der Waals surface area contributed by atoms with E-state index in [1.807, 2.05) is 13.8 Å². The molecular formula is C18H24ClNO5. The first kappa shape index (κ1) is 20.8. The van der Waals surface area contributed by atoms with E-state index in [9.17, 15) is 9.59 Å². The highest BCUT2D eigenvalue weighted by Crippen LogP contribution is 2.37. The van der Waals surface area contributed by atoms with Gasteiger partial charge >= 0.3 is 5.97 Å². The summed E-state index contributed by atoms with van der Waals surface area (Å²) in [6.45, 7) is 7.54. The van der Waals surface area contributed by atoms with Crippen molar-refractivity contribution in [1.29, 1.82) is 0 Å². The zero-order chi connectivity index (χ0) is 19.0. The summed E-state index contributed by atoms with van der Waals surface area (Å²) in [4.78, 5) is 23.4. The molecule has 6 nitrogen and oxygen atoms in total. The van der Waals surface area contributed by atoms with Crippen LogP contribution in [-0.4, -0.2) is 37.7 Å². The largest absolute Gasteiger partial charge is 0.493 e. The number of rotatable bonds is 8. The van der Waals surface area contributed by atoms with Crippen molar-refractivity contribution in [3.63, 3.8) is 0 Å². The maximum atomic E-state index is 11.8. The topological polar surface area (TPSA) is 73.9 Å². The molecule has 0 saturated heterocycles. The molecule has 0 radical (unpaired) electrons. The van der Waals surface area contributed by atoms with Gasteiger partial charge < -0.3 is 19.5 Å². The fraction of sp³-hybridized carbons (Fsp3) is 0.444. The maximum Gasteiger partial charge on any atom is 0.331 e. The van der Waals surface area contributed by atoms with Gasteiger partial charge in [-0.25, -0.2) is 4.79 Å². The number of carbonyl (C=O) groups excluding carboxylic acids is 2. The zero-order valence-electron chi connectivity index (χ0n) is 15.1. The number of methoxy groups -OCH3 is 1. The van der Waals surface area contributed by atoms with Crippen molar-refractivity contribution in [2.45, 2.75) is 39.9 Å². The fourth-order valence-corrected chi connectivity index (χ4v) is 2.20. The van der Waals surface area contributed by atoms with Crippen molar-refractivity contribution >= 4 is 29.6 Å². The van der Waals surface area contributed by atoms with Gasteiger partial charge in [0.15, 0.2) is 17.6 Å². The molecule has 0 aromatic heterocycles. The number of nitrogens with one attached hydrogen (secondary N) is 1. The first-order chi connectivity index (χ1) is 11.8. The van der Waals surface area contributed by atoms with Crippen molar-refractivity contribution in [2.75, 3.05) is 13.7 Å². The normalized spacial score (nSPS) is 12.1. The van der Waals surface area contributed by atoms with Gasteiger partial charge in [0.25, 0.3) is 5.91 Å². The van der Waals surface area contributed by atoms with Crippen LogP contribution in [0.2, 0.25) is 5.02 Å². The Labute approximate surface area is 153 Å². The Bertz CT molecular complexity index is 643. The maximum absolute atomic E-state index is 11.8. The van der Waals surface area contributed by atoms with E-state index < -0.39 is 12.1 Å². The first-order valence-corrected chi connectivity index (χ1v) is 8.36. The number of ether oxygens (including phenoxy) is 3. The fourth-order valence-electron chi connectivity index (χ4n) is 1.94. The summed E-state index contributed by atoms with van der Waals surface area (Å²) in [5.41, 5.74) is 0.639. The Hall–Kier alpha value is -2.21.